The number of aromatic nitrogens is 4. The maximum absolute atomic E-state index is 14.7. The lowest BCUT2D eigenvalue weighted by Gasteiger charge is -2.39. The van der Waals surface area contributed by atoms with Gasteiger partial charge in [-0.3, -0.25) is 0 Å². The standard InChI is InChI=1S/C15H10F4N4O3S/c16-14(13-22-10(6-27-13)15(17,18)19)2-7(3-14)25-12-5-20-8(4-21-12)9-1-11(24)23-26-9/h1,4-7H,2-3H2,(H,23,24)/t7-,14-. The molecule has 12 heteroatoms. The first-order valence-electron chi connectivity index (χ1n) is 7.60. The molecule has 1 aliphatic rings. The van der Waals surface area contributed by atoms with Gasteiger partial charge in [0.05, 0.1) is 18.5 Å². The van der Waals surface area contributed by atoms with Crippen LogP contribution in [-0.4, -0.2) is 31.3 Å². The zero-order chi connectivity index (χ0) is 19.2. The van der Waals surface area contributed by atoms with Crippen LogP contribution >= 0.6 is 11.3 Å². The summed E-state index contributed by atoms with van der Waals surface area (Å²) in [6, 6.07) is 1.26. The molecule has 142 valence electrons. The molecule has 1 fully saturated rings. The Kier molecular flexibility index (Phi) is 4.02. The summed E-state index contributed by atoms with van der Waals surface area (Å²) in [6.07, 6.45) is -2.79. The first-order valence-corrected chi connectivity index (χ1v) is 8.48. The Bertz CT molecular complexity index is 951. The fourth-order valence-electron chi connectivity index (χ4n) is 2.59. The molecule has 0 unspecified atom stereocenters. The van der Waals surface area contributed by atoms with Gasteiger partial charge in [0.15, 0.2) is 17.1 Å². The molecule has 1 saturated carbocycles. The van der Waals surface area contributed by atoms with Crippen LogP contribution in [0.4, 0.5) is 17.6 Å². The van der Waals surface area contributed by atoms with E-state index in [-0.39, 0.29) is 35.4 Å². The van der Waals surface area contributed by atoms with Gasteiger partial charge >= 0.3 is 6.18 Å². The molecule has 0 aliphatic heterocycles. The molecule has 0 saturated heterocycles. The molecular weight excluding hydrogens is 392 g/mol. The number of aromatic hydroxyl groups is 1. The van der Waals surface area contributed by atoms with Crippen LogP contribution in [0.2, 0.25) is 0 Å². The quantitative estimate of drug-likeness (QED) is 0.665. The Morgan fingerprint density at radius 3 is 2.59 bits per heavy atom. The van der Waals surface area contributed by atoms with Gasteiger partial charge in [-0.05, 0) is 5.16 Å². The molecule has 3 aromatic heterocycles. The second-order valence-corrected chi connectivity index (χ2v) is 6.80. The molecule has 27 heavy (non-hydrogen) atoms. The molecule has 0 bridgehead atoms. The first kappa shape index (κ1) is 17.6. The third-order valence-electron chi connectivity index (χ3n) is 3.95. The van der Waals surface area contributed by atoms with E-state index in [0.717, 1.165) is 5.38 Å². The maximum Gasteiger partial charge on any atom is 0.434 e. The molecule has 4 rings (SSSR count). The van der Waals surface area contributed by atoms with Gasteiger partial charge in [-0.1, -0.05) is 0 Å². The van der Waals surface area contributed by atoms with Crippen molar-refractivity contribution in [2.24, 2.45) is 0 Å². The summed E-state index contributed by atoms with van der Waals surface area (Å²) in [4.78, 5) is 11.4. The summed E-state index contributed by atoms with van der Waals surface area (Å²) in [7, 11) is 0. The minimum Gasteiger partial charge on any atom is -0.491 e. The zero-order valence-corrected chi connectivity index (χ0v) is 14.1. The first-order chi connectivity index (χ1) is 12.7. The van der Waals surface area contributed by atoms with Crippen molar-refractivity contribution >= 4 is 11.3 Å². The minimum absolute atomic E-state index is 0.128. The van der Waals surface area contributed by atoms with Crippen LogP contribution in [0.5, 0.6) is 11.8 Å². The van der Waals surface area contributed by atoms with Gasteiger partial charge in [0.2, 0.25) is 5.88 Å². The van der Waals surface area contributed by atoms with Crippen molar-refractivity contribution in [3.05, 3.63) is 34.5 Å². The Morgan fingerprint density at radius 1 is 1.26 bits per heavy atom. The van der Waals surface area contributed by atoms with Crippen LogP contribution in [-0.2, 0) is 11.8 Å². The maximum atomic E-state index is 14.7. The van der Waals surface area contributed by atoms with Crippen molar-refractivity contribution in [2.45, 2.75) is 30.8 Å². The predicted octanol–water partition coefficient (Wildman–Crippen LogP) is 3.72. The summed E-state index contributed by atoms with van der Waals surface area (Å²) < 4.78 is 62.8. The lowest BCUT2D eigenvalue weighted by Crippen LogP contribution is -2.44. The van der Waals surface area contributed by atoms with E-state index in [4.69, 9.17) is 14.4 Å². The van der Waals surface area contributed by atoms with Gasteiger partial charge in [0.25, 0.3) is 5.88 Å². The number of hydrogen-bond donors (Lipinski definition) is 1. The molecule has 0 spiro atoms. The minimum atomic E-state index is -4.59. The van der Waals surface area contributed by atoms with E-state index in [9.17, 15) is 17.6 Å². The van der Waals surface area contributed by atoms with Crippen molar-refractivity contribution in [1.82, 2.24) is 20.1 Å². The molecule has 0 atom stereocenters. The monoisotopic (exact) mass is 402 g/mol. The smallest absolute Gasteiger partial charge is 0.434 e. The lowest BCUT2D eigenvalue weighted by atomic mass is 9.79. The molecule has 7 nitrogen and oxygen atoms in total. The van der Waals surface area contributed by atoms with Crippen molar-refractivity contribution in [1.29, 1.82) is 0 Å². The van der Waals surface area contributed by atoms with Gasteiger partial charge in [-0.2, -0.15) is 13.2 Å². The van der Waals surface area contributed by atoms with E-state index in [1.807, 2.05) is 0 Å². The Hall–Kier alpha value is -2.76. The van der Waals surface area contributed by atoms with Gasteiger partial charge in [0, 0.05) is 18.2 Å². The Morgan fingerprint density at radius 2 is 2.04 bits per heavy atom. The van der Waals surface area contributed by atoms with E-state index in [1.54, 1.807) is 0 Å². The summed E-state index contributed by atoms with van der Waals surface area (Å²) in [6.45, 7) is 0. The van der Waals surface area contributed by atoms with Crippen LogP contribution in [0.3, 0.4) is 0 Å². The summed E-state index contributed by atoms with van der Waals surface area (Å²) >= 11 is 0.643. The van der Waals surface area contributed by atoms with E-state index in [1.165, 1.54) is 18.5 Å². The van der Waals surface area contributed by atoms with E-state index >= 15 is 0 Å². The lowest BCUT2D eigenvalue weighted by molar-refractivity contribution is -0.141. The number of halogens is 4. The fourth-order valence-corrected chi connectivity index (χ4v) is 3.53. The Balaban J connectivity index is 1.38. The number of rotatable bonds is 4. The molecule has 0 radical (unpaired) electrons. The third-order valence-corrected chi connectivity index (χ3v) is 4.97. The second-order valence-electron chi connectivity index (χ2n) is 5.94. The predicted molar refractivity (Wildman–Crippen MR) is 82.7 cm³/mol. The average molecular weight is 402 g/mol. The molecular formula is C15H10F4N4O3S. The molecule has 0 aromatic carbocycles. The number of hydrogen-bond acceptors (Lipinski definition) is 8. The van der Waals surface area contributed by atoms with Gasteiger partial charge in [0.1, 0.15) is 16.8 Å². The summed E-state index contributed by atoms with van der Waals surface area (Å²) in [5.41, 5.74) is -2.72. The van der Waals surface area contributed by atoms with Gasteiger partial charge < -0.3 is 14.4 Å². The molecule has 1 N–H and O–H groups in total. The summed E-state index contributed by atoms with van der Waals surface area (Å²) in [5.74, 6) is 0.0450. The Labute approximate surface area is 152 Å². The third kappa shape index (κ3) is 3.44. The van der Waals surface area contributed by atoms with Crippen LogP contribution in [0.1, 0.15) is 23.5 Å². The average Bonchev–Trinajstić information content (AvgIpc) is 3.23. The van der Waals surface area contributed by atoms with Crippen molar-refractivity contribution in [3.8, 4) is 23.2 Å². The summed E-state index contributed by atoms with van der Waals surface area (Å²) in [5, 5.41) is 13.0. The van der Waals surface area contributed by atoms with Crippen LogP contribution in [0.15, 0.2) is 28.4 Å². The number of nitrogens with zero attached hydrogens (tertiary/aromatic N) is 4. The van der Waals surface area contributed by atoms with Crippen molar-refractivity contribution in [2.75, 3.05) is 0 Å². The van der Waals surface area contributed by atoms with E-state index in [2.05, 4.69) is 20.1 Å². The van der Waals surface area contributed by atoms with Crippen molar-refractivity contribution < 1.29 is 31.9 Å². The highest BCUT2D eigenvalue weighted by Crippen LogP contribution is 2.48. The SMILES string of the molecule is Oc1cc(-c2cnc(O[C@H]3C[C@@](F)(c4nc(C(F)(F)F)cs4)C3)cn2)on1. The van der Waals surface area contributed by atoms with E-state index in [0.29, 0.717) is 17.0 Å². The fraction of sp³-hybridized carbons (Fsp3) is 0.333. The van der Waals surface area contributed by atoms with E-state index < -0.39 is 23.6 Å². The highest BCUT2D eigenvalue weighted by molar-refractivity contribution is 7.09. The highest BCUT2D eigenvalue weighted by atomic mass is 32.1. The zero-order valence-electron chi connectivity index (χ0n) is 13.3. The molecule has 3 heterocycles. The number of thiazole rings is 1. The van der Waals surface area contributed by atoms with Gasteiger partial charge in [-0.15, -0.1) is 11.3 Å². The second kappa shape index (κ2) is 6.15. The molecule has 1 aliphatic carbocycles. The molecule has 0 amide bonds. The number of ether oxygens (including phenoxy) is 1. The van der Waals surface area contributed by atoms with Crippen LogP contribution in [0.25, 0.3) is 11.5 Å². The molecule has 3 aromatic rings. The van der Waals surface area contributed by atoms with Gasteiger partial charge in [-0.25, -0.2) is 19.3 Å². The van der Waals surface area contributed by atoms with Crippen LogP contribution in [0, 0.1) is 0 Å². The topological polar surface area (TPSA) is 94.2 Å². The normalized spacial score (nSPS) is 22.4. The van der Waals surface area contributed by atoms with Crippen molar-refractivity contribution in [3.63, 3.8) is 0 Å². The largest absolute Gasteiger partial charge is 0.491 e. The highest BCUT2D eigenvalue weighted by Gasteiger charge is 2.51. The van der Waals surface area contributed by atoms with Crippen LogP contribution < -0.4 is 4.74 Å². The number of alkyl halides is 4.